The first-order valence-corrected chi connectivity index (χ1v) is 9.51. The van der Waals surface area contributed by atoms with Gasteiger partial charge >= 0.3 is 5.97 Å². The van der Waals surface area contributed by atoms with Gasteiger partial charge in [-0.1, -0.05) is 36.8 Å². The van der Waals surface area contributed by atoms with Crippen molar-refractivity contribution in [1.29, 1.82) is 0 Å². The van der Waals surface area contributed by atoms with Gasteiger partial charge in [-0.2, -0.15) is 0 Å². The summed E-state index contributed by atoms with van der Waals surface area (Å²) in [5.74, 6) is -0.494. The van der Waals surface area contributed by atoms with Crippen LogP contribution < -0.4 is 5.56 Å². The van der Waals surface area contributed by atoms with Gasteiger partial charge in [-0.05, 0) is 32.8 Å². The van der Waals surface area contributed by atoms with Crippen LogP contribution in [0.4, 0.5) is 0 Å². The summed E-state index contributed by atoms with van der Waals surface area (Å²) in [5, 5.41) is 9.98. The van der Waals surface area contributed by atoms with E-state index in [2.05, 4.69) is 4.98 Å². The molecule has 0 aliphatic rings. The molecule has 1 aromatic carbocycles. The number of aryl methyl sites for hydroxylation is 3. The minimum absolute atomic E-state index is 0.270. The van der Waals surface area contributed by atoms with Crippen molar-refractivity contribution in [1.82, 2.24) is 9.55 Å². The number of nitrogens with zero attached hydrogens (tertiary/aromatic N) is 2. The van der Waals surface area contributed by atoms with Crippen molar-refractivity contribution >= 4 is 27.5 Å². The Kier molecular flexibility index (Phi) is 4.96. The molecule has 3 rings (SSSR count). The molecule has 1 atom stereocenters. The van der Waals surface area contributed by atoms with Crippen molar-refractivity contribution < 1.29 is 9.90 Å². The van der Waals surface area contributed by atoms with Gasteiger partial charge in [-0.15, -0.1) is 11.3 Å². The average molecular weight is 370 g/mol. The standard InChI is InChI=1S/C20H22N2O3S/c1-5-6-15-21-18-17(19(23)22(15)12(3)20(24)25)16(13(4)26-18)14-9-7-11(2)8-10-14/h7-10,12H,5-6H2,1-4H3,(H,24,25). The first kappa shape index (κ1) is 18.3. The minimum Gasteiger partial charge on any atom is -0.480 e. The summed E-state index contributed by atoms with van der Waals surface area (Å²) in [4.78, 5) is 31.2. The number of hydrogen-bond acceptors (Lipinski definition) is 4. The fourth-order valence-corrected chi connectivity index (χ4v) is 4.25. The van der Waals surface area contributed by atoms with E-state index in [9.17, 15) is 14.7 Å². The molecule has 3 aromatic rings. The summed E-state index contributed by atoms with van der Waals surface area (Å²) < 4.78 is 1.35. The molecule has 0 amide bonds. The molecule has 5 nitrogen and oxygen atoms in total. The predicted molar refractivity (Wildman–Crippen MR) is 105 cm³/mol. The third-order valence-electron chi connectivity index (χ3n) is 4.57. The second kappa shape index (κ2) is 7.03. The van der Waals surface area contributed by atoms with Crippen molar-refractivity contribution in [3.05, 3.63) is 50.9 Å². The van der Waals surface area contributed by atoms with E-state index in [0.29, 0.717) is 22.5 Å². The highest BCUT2D eigenvalue weighted by atomic mass is 32.1. The maximum Gasteiger partial charge on any atom is 0.326 e. The van der Waals surface area contributed by atoms with E-state index >= 15 is 0 Å². The van der Waals surface area contributed by atoms with Crippen LogP contribution in [-0.4, -0.2) is 20.6 Å². The van der Waals surface area contributed by atoms with E-state index in [0.717, 1.165) is 28.0 Å². The highest BCUT2D eigenvalue weighted by molar-refractivity contribution is 7.19. The Morgan fingerprint density at radius 2 is 1.92 bits per heavy atom. The predicted octanol–water partition coefficient (Wildman–Crippen LogP) is 4.34. The lowest BCUT2D eigenvalue weighted by molar-refractivity contribution is -0.140. The van der Waals surface area contributed by atoms with Gasteiger partial charge in [0, 0.05) is 16.9 Å². The average Bonchev–Trinajstić information content (AvgIpc) is 2.92. The van der Waals surface area contributed by atoms with Gasteiger partial charge in [0.25, 0.3) is 5.56 Å². The van der Waals surface area contributed by atoms with Crippen molar-refractivity contribution in [2.75, 3.05) is 0 Å². The number of carbonyl (C=O) groups is 1. The molecule has 2 heterocycles. The first-order valence-electron chi connectivity index (χ1n) is 8.69. The molecular formula is C20H22N2O3S. The highest BCUT2D eigenvalue weighted by Crippen LogP contribution is 2.36. The van der Waals surface area contributed by atoms with Gasteiger partial charge in [-0.3, -0.25) is 9.36 Å². The largest absolute Gasteiger partial charge is 0.480 e. The number of benzene rings is 1. The molecule has 26 heavy (non-hydrogen) atoms. The summed E-state index contributed by atoms with van der Waals surface area (Å²) in [5.41, 5.74) is 2.69. The van der Waals surface area contributed by atoms with E-state index in [-0.39, 0.29) is 5.56 Å². The minimum atomic E-state index is -1.03. The van der Waals surface area contributed by atoms with Crippen molar-refractivity contribution in [3.63, 3.8) is 0 Å². The number of aromatic nitrogens is 2. The van der Waals surface area contributed by atoms with Gasteiger partial charge in [-0.25, -0.2) is 9.78 Å². The van der Waals surface area contributed by atoms with Crippen LogP contribution in [0.25, 0.3) is 21.3 Å². The third kappa shape index (κ3) is 3.05. The molecule has 0 radical (unpaired) electrons. The topological polar surface area (TPSA) is 72.2 Å². The van der Waals surface area contributed by atoms with Crippen LogP contribution in [0, 0.1) is 13.8 Å². The van der Waals surface area contributed by atoms with Crippen molar-refractivity contribution in [2.45, 2.75) is 46.6 Å². The fourth-order valence-electron chi connectivity index (χ4n) is 3.19. The van der Waals surface area contributed by atoms with E-state index < -0.39 is 12.0 Å². The van der Waals surface area contributed by atoms with Crippen LogP contribution in [0.5, 0.6) is 0 Å². The molecule has 136 valence electrons. The van der Waals surface area contributed by atoms with Crippen LogP contribution in [0.3, 0.4) is 0 Å². The normalized spacial score (nSPS) is 12.5. The summed E-state index contributed by atoms with van der Waals surface area (Å²) >= 11 is 1.49. The van der Waals surface area contributed by atoms with Crippen LogP contribution >= 0.6 is 11.3 Å². The Hall–Kier alpha value is -2.47. The second-order valence-electron chi connectivity index (χ2n) is 6.55. The van der Waals surface area contributed by atoms with Crippen molar-refractivity contribution in [2.24, 2.45) is 0 Å². The molecule has 6 heteroatoms. The van der Waals surface area contributed by atoms with Crippen LogP contribution in [0.15, 0.2) is 29.1 Å². The number of hydrogen-bond donors (Lipinski definition) is 1. The number of fused-ring (bicyclic) bond motifs is 1. The van der Waals surface area contributed by atoms with Crippen LogP contribution in [0.1, 0.15) is 42.6 Å². The first-order chi connectivity index (χ1) is 12.3. The molecule has 1 unspecified atom stereocenters. The van der Waals surface area contributed by atoms with Gasteiger partial charge < -0.3 is 5.11 Å². The molecule has 0 aliphatic carbocycles. The molecule has 0 fully saturated rings. The SMILES string of the molecule is CCCc1nc2sc(C)c(-c3ccc(C)cc3)c2c(=O)n1C(C)C(=O)O. The quantitative estimate of drug-likeness (QED) is 0.725. The Morgan fingerprint density at radius 1 is 1.27 bits per heavy atom. The molecule has 0 saturated carbocycles. The maximum atomic E-state index is 13.3. The Labute approximate surface area is 155 Å². The van der Waals surface area contributed by atoms with Crippen LogP contribution in [-0.2, 0) is 11.2 Å². The fraction of sp³-hybridized carbons (Fsp3) is 0.350. The lowest BCUT2D eigenvalue weighted by Crippen LogP contribution is -2.31. The number of carboxylic acids is 1. The van der Waals surface area contributed by atoms with Gasteiger partial charge in [0.05, 0.1) is 5.39 Å². The van der Waals surface area contributed by atoms with E-state index in [1.54, 1.807) is 0 Å². The number of carboxylic acid groups (broad SMARTS) is 1. The lowest BCUT2D eigenvalue weighted by Gasteiger charge is -2.16. The summed E-state index contributed by atoms with van der Waals surface area (Å²) in [6.07, 6.45) is 1.36. The molecule has 0 spiro atoms. The van der Waals surface area contributed by atoms with Gasteiger partial charge in [0.1, 0.15) is 16.7 Å². The van der Waals surface area contributed by atoms with E-state index in [4.69, 9.17) is 0 Å². The Morgan fingerprint density at radius 3 is 2.50 bits per heavy atom. The zero-order valence-electron chi connectivity index (χ0n) is 15.4. The van der Waals surface area contributed by atoms with Gasteiger partial charge in [0.15, 0.2) is 0 Å². The smallest absolute Gasteiger partial charge is 0.326 e. The maximum absolute atomic E-state index is 13.3. The Bertz CT molecular complexity index is 1030. The number of aliphatic carboxylic acids is 1. The summed E-state index contributed by atoms with van der Waals surface area (Å²) in [6, 6.07) is 7.06. The third-order valence-corrected chi connectivity index (χ3v) is 5.56. The van der Waals surface area contributed by atoms with E-state index in [1.165, 1.54) is 22.8 Å². The summed E-state index contributed by atoms with van der Waals surface area (Å²) in [6.45, 7) is 7.51. The van der Waals surface area contributed by atoms with Gasteiger partial charge in [0.2, 0.25) is 0 Å². The second-order valence-corrected chi connectivity index (χ2v) is 7.75. The molecule has 0 bridgehead atoms. The molecule has 0 saturated heterocycles. The highest BCUT2D eigenvalue weighted by Gasteiger charge is 2.24. The van der Waals surface area contributed by atoms with E-state index in [1.807, 2.05) is 45.0 Å². The molecule has 2 aromatic heterocycles. The zero-order chi connectivity index (χ0) is 19.0. The van der Waals surface area contributed by atoms with Crippen LogP contribution in [0.2, 0.25) is 0 Å². The number of thiophene rings is 1. The molecule has 0 aliphatic heterocycles. The molecule has 1 N–H and O–H groups in total. The zero-order valence-corrected chi connectivity index (χ0v) is 16.2. The van der Waals surface area contributed by atoms with Crippen molar-refractivity contribution in [3.8, 4) is 11.1 Å². The number of rotatable bonds is 5. The lowest BCUT2D eigenvalue weighted by atomic mass is 10.0. The summed E-state index contributed by atoms with van der Waals surface area (Å²) in [7, 11) is 0. The Balaban J connectivity index is 2.37. The monoisotopic (exact) mass is 370 g/mol. The molecular weight excluding hydrogens is 348 g/mol.